The third-order valence-corrected chi connectivity index (χ3v) is 7.39. The van der Waals surface area contributed by atoms with Gasteiger partial charge in [-0.2, -0.15) is 0 Å². The molecule has 4 unspecified atom stereocenters. The van der Waals surface area contributed by atoms with Gasteiger partial charge in [0.05, 0.1) is 42.6 Å². The van der Waals surface area contributed by atoms with Crippen molar-refractivity contribution in [3.63, 3.8) is 0 Å². The normalized spacial score (nSPS) is 25.6. The fraction of sp³-hybridized carbons (Fsp3) is 0.276. The van der Waals surface area contributed by atoms with Gasteiger partial charge in [-0.15, -0.1) is 0 Å². The molecule has 2 aliphatic rings. The SMILES string of the molecule is COC(=O)CC1(C)C2C(=O)N(c3ccccc3)C(=O)C2C(c2ccc(C)cc2)N1c1ccccc1. The number of rotatable bonds is 5. The first kappa shape index (κ1) is 22.8. The lowest BCUT2D eigenvalue weighted by atomic mass is 9.78. The van der Waals surface area contributed by atoms with E-state index in [1.807, 2.05) is 86.6 Å². The molecule has 6 nitrogen and oxygen atoms in total. The van der Waals surface area contributed by atoms with E-state index in [-0.39, 0.29) is 18.2 Å². The zero-order valence-corrected chi connectivity index (χ0v) is 20.0. The van der Waals surface area contributed by atoms with Crippen molar-refractivity contribution in [2.75, 3.05) is 16.9 Å². The number of aryl methyl sites for hydroxylation is 1. The molecule has 2 fully saturated rings. The molecule has 0 bridgehead atoms. The first-order valence-electron chi connectivity index (χ1n) is 11.8. The Labute approximate surface area is 205 Å². The molecular formula is C29H28N2O4. The molecule has 0 N–H and O–H groups in total. The molecule has 0 saturated carbocycles. The van der Waals surface area contributed by atoms with Crippen LogP contribution in [0, 0.1) is 18.8 Å². The van der Waals surface area contributed by atoms with E-state index in [1.54, 1.807) is 12.1 Å². The monoisotopic (exact) mass is 468 g/mol. The summed E-state index contributed by atoms with van der Waals surface area (Å²) in [6.07, 6.45) is -0.0242. The third kappa shape index (κ3) is 3.60. The van der Waals surface area contributed by atoms with Gasteiger partial charge in [0.1, 0.15) is 0 Å². The molecule has 2 heterocycles. The van der Waals surface area contributed by atoms with Crippen molar-refractivity contribution < 1.29 is 19.1 Å². The molecule has 0 spiro atoms. The van der Waals surface area contributed by atoms with E-state index >= 15 is 0 Å². The quantitative estimate of drug-likeness (QED) is 0.402. The van der Waals surface area contributed by atoms with Crippen molar-refractivity contribution in [1.29, 1.82) is 0 Å². The number of ether oxygens (including phenoxy) is 1. The highest BCUT2D eigenvalue weighted by Crippen LogP contribution is 2.58. The summed E-state index contributed by atoms with van der Waals surface area (Å²) in [6, 6.07) is 26.3. The van der Waals surface area contributed by atoms with Gasteiger partial charge in [-0.25, -0.2) is 4.90 Å². The van der Waals surface area contributed by atoms with Crippen molar-refractivity contribution >= 4 is 29.2 Å². The van der Waals surface area contributed by atoms with Crippen molar-refractivity contribution in [1.82, 2.24) is 0 Å². The number of esters is 1. The molecule has 3 aromatic rings. The van der Waals surface area contributed by atoms with Crippen LogP contribution >= 0.6 is 0 Å². The zero-order valence-electron chi connectivity index (χ0n) is 20.0. The maximum absolute atomic E-state index is 14.0. The lowest BCUT2D eigenvalue weighted by Crippen LogP contribution is -2.52. The van der Waals surface area contributed by atoms with Gasteiger partial charge in [0.25, 0.3) is 0 Å². The molecule has 3 aromatic carbocycles. The van der Waals surface area contributed by atoms with Crippen LogP contribution in [0.3, 0.4) is 0 Å². The highest BCUT2D eigenvalue weighted by molar-refractivity contribution is 6.23. The van der Waals surface area contributed by atoms with Gasteiger partial charge in [0.15, 0.2) is 0 Å². The van der Waals surface area contributed by atoms with Crippen LogP contribution in [0.1, 0.15) is 30.5 Å². The van der Waals surface area contributed by atoms with Crippen LogP contribution in [0.5, 0.6) is 0 Å². The minimum Gasteiger partial charge on any atom is -0.469 e. The van der Waals surface area contributed by atoms with Gasteiger partial charge in [0.2, 0.25) is 11.8 Å². The van der Waals surface area contributed by atoms with Crippen molar-refractivity contribution in [2.45, 2.75) is 31.8 Å². The van der Waals surface area contributed by atoms with Crippen LogP contribution in [0.4, 0.5) is 11.4 Å². The molecule has 2 saturated heterocycles. The predicted molar refractivity (Wildman–Crippen MR) is 134 cm³/mol. The lowest BCUT2D eigenvalue weighted by molar-refractivity contribution is -0.142. The topological polar surface area (TPSA) is 66.9 Å². The molecule has 5 rings (SSSR count). The summed E-state index contributed by atoms with van der Waals surface area (Å²) in [7, 11) is 1.35. The fourth-order valence-electron chi connectivity index (χ4n) is 5.85. The molecular weight excluding hydrogens is 440 g/mol. The predicted octanol–water partition coefficient (Wildman–Crippen LogP) is 4.68. The summed E-state index contributed by atoms with van der Waals surface area (Å²) in [4.78, 5) is 44.2. The Morgan fingerprint density at radius 3 is 2.00 bits per heavy atom. The van der Waals surface area contributed by atoms with E-state index < -0.39 is 29.4 Å². The molecule has 178 valence electrons. The minimum absolute atomic E-state index is 0.0242. The molecule has 0 aromatic heterocycles. The number of methoxy groups -OCH3 is 1. The number of carbonyl (C=O) groups is 3. The number of amides is 2. The first-order valence-corrected chi connectivity index (χ1v) is 11.8. The summed E-state index contributed by atoms with van der Waals surface area (Å²) in [5.74, 6) is -2.32. The summed E-state index contributed by atoms with van der Waals surface area (Å²) >= 11 is 0. The smallest absolute Gasteiger partial charge is 0.307 e. The first-order chi connectivity index (χ1) is 16.9. The number of para-hydroxylation sites is 2. The highest BCUT2D eigenvalue weighted by atomic mass is 16.5. The van der Waals surface area contributed by atoms with Gasteiger partial charge in [-0.1, -0.05) is 66.2 Å². The lowest BCUT2D eigenvalue weighted by Gasteiger charge is -2.42. The summed E-state index contributed by atoms with van der Waals surface area (Å²) in [5.41, 5.74) is 2.45. The summed E-state index contributed by atoms with van der Waals surface area (Å²) in [6.45, 7) is 3.92. The van der Waals surface area contributed by atoms with Gasteiger partial charge in [-0.3, -0.25) is 14.4 Å². The number of benzene rings is 3. The second-order valence-electron chi connectivity index (χ2n) is 9.52. The number of hydrogen-bond donors (Lipinski definition) is 0. The Morgan fingerprint density at radius 2 is 1.43 bits per heavy atom. The number of nitrogens with zero attached hydrogens (tertiary/aromatic N) is 2. The number of carbonyl (C=O) groups excluding carboxylic acids is 3. The van der Waals surface area contributed by atoms with Crippen LogP contribution < -0.4 is 9.80 Å². The van der Waals surface area contributed by atoms with E-state index in [1.165, 1.54) is 12.0 Å². The summed E-state index contributed by atoms with van der Waals surface area (Å²) < 4.78 is 5.06. The number of imide groups is 1. The maximum atomic E-state index is 14.0. The molecule has 0 radical (unpaired) electrons. The molecule has 2 aliphatic heterocycles. The highest BCUT2D eigenvalue weighted by Gasteiger charge is 2.68. The zero-order chi connectivity index (χ0) is 24.7. The molecule has 2 amide bonds. The standard InChI is InChI=1S/C29H28N2O4/c1-19-14-16-20(17-15-19)26-24-25(28(34)30(27(24)33)21-10-6-4-7-11-21)29(2,18-23(32)35-3)31(26)22-12-8-5-9-13-22/h4-17,24-26H,18H2,1-3H3. The number of hydrogen-bond acceptors (Lipinski definition) is 5. The van der Waals surface area contributed by atoms with E-state index in [0.29, 0.717) is 5.69 Å². The molecule has 6 heteroatoms. The van der Waals surface area contributed by atoms with Crippen LogP contribution in [0.25, 0.3) is 0 Å². The van der Waals surface area contributed by atoms with Crippen molar-refractivity contribution in [3.05, 3.63) is 96.1 Å². The molecule has 4 atom stereocenters. The van der Waals surface area contributed by atoms with Gasteiger partial charge in [-0.05, 0) is 43.7 Å². The van der Waals surface area contributed by atoms with Gasteiger partial charge in [0, 0.05) is 5.69 Å². The second-order valence-corrected chi connectivity index (χ2v) is 9.52. The van der Waals surface area contributed by atoms with E-state index in [9.17, 15) is 14.4 Å². The van der Waals surface area contributed by atoms with Gasteiger partial charge < -0.3 is 9.64 Å². The Bertz CT molecular complexity index is 1260. The van der Waals surface area contributed by atoms with Crippen molar-refractivity contribution in [3.8, 4) is 0 Å². The Balaban J connectivity index is 1.73. The minimum atomic E-state index is -0.981. The van der Waals surface area contributed by atoms with Crippen molar-refractivity contribution in [2.24, 2.45) is 11.8 Å². The average Bonchev–Trinajstić information content (AvgIpc) is 3.29. The fourth-order valence-corrected chi connectivity index (χ4v) is 5.85. The third-order valence-electron chi connectivity index (χ3n) is 7.39. The maximum Gasteiger partial charge on any atom is 0.307 e. The Kier molecular flexibility index (Phi) is 5.67. The number of anilines is 2. The Hall–Kier alpha value is -3.93. The average molecular weight is 469 g/mol. The van der Waals surface area contributed by atoms with Crippen LogP contribution in [0.15, 0.2) is 84.9 Å². The van der Waals surface area contributed by atoms with Crippen LogP contribution in [-0.4, -0.2) is 30.4 Å². The number of fused-ring (bicyclic) bond motifs is 1. The molecule has 35 heavy (non-hydrogen) atoms. The Morgan fingerprint density at radius 1 is 0.857 bits per heavy atom. The molecule has 0 aliphatic carbocycles. The van der Waals surface area contributed by atoms with E-state index in [4.69, 9.17) is 4.74 Å². The van der Waals surface area contributed by atoms with E-state index in [2.05, 4.69) is 4.90 Å². The second kappa shape index (κ2) is 8.69. The van der Waals surface area contributed by atoms with Crippen LogP contribution in [0.2, 0.25) is 0 Å². The largest absolute Gasteiger partial charge is 0.469 e. The van der Waals surface area contributed by atoms with Gasteiger partial charge >= 0.3 is 5.97 Å². The van der Waals surface area contributed by atoms with Crippen LogP contribution in [-0.2, 0) is 19.1 Å². The summed E-state index contributed by atoms with van der Waals surface area (Å²) in [5, 5.41) is 0. The van der Waals surface area contributed by atoms with E-state index in [0.717, 1.165) is 16.8 Å².